The van der Waals surface area contributed by atoms with Gasteiger partial charge in [0.25, 0.3) is 0 Å². The summed E-state index contributed by atoms with van der Waals surface area (Å²) in [6, 6.07) is 13.3. The van der Waals surface area contributed by atoms with Gasteiger partial charge < -0.3 is 4.74 Å². The summed E-state index contributed by atoms with van der Waals surface area (Å²) < 4.78 is 44.2. The summed E-state index contributed by atoms with van der Waals surface area (Å²) >= 11 is 1.72. The van der Waals surface area contributed by atoms with Crippen LogP contribution in [0.15, 0.2) is 53.4 Å². The van der Waals surface area contributed by atoms with E-state index in [1.807, 2.05) is 24.3 Å². The second kappa shape index (κ2) is 5.64. The molecule has 0 saturated heterocycles. The molecule has 1 unspecified atom stereocenters. The van der Waals surface area contributed by atoms with Crippen molar-refractivity contribution in [2.45, 2.75) is 17.0 Å². The third-order valence-corrected chi connectivity index (χ3v) is 4.68. The van der Waals surface area contributed by atoms with Gasteiger partial charge in [0.15, 0.2) is 0 Å². The molecule has 0 N–H and O–H groups in total. The maximum absolute atomic E-state index is 12.9. The second-order valence-corrected chi connectivity index (χ2v) is 5.91. The third kappa shape index (κ3) is 3.02. The van der Waals surface area contributed by atoms with Gasteiger partial charge in [-0.15, -0.1) is 11.8 Å². The fourth-order valence-corrected chi connectivity index (χ4v) is 3.62. The lowest BCUT2D eigenvalue weighted by Gasteiger charge is -2.16. The lowest BCUT2D eigenvalue weighted by atomic mass is 10.0. The number of hydrogen-bond acceptors (Lipinski definition) is 2. The van der Waals surface area contributed by atoms with Gasteiger partial charge in [0, 0.05) is 16.6 Å². The van der Waals surface area contributed by atoms with Crippen LogP contribution >= 0.6 is 11.8 Å². The number of ether oxygens (including phenoxy) is 1. The van der Waals surface area contributed by atoms with Gasteiger partial charge in [-0.05, 0) is 23.8 Å². The Balaban J connectivity index is 1.75. The molecule has 0 aliphatic carbocycles. The van der Waals surface area contributed by atoms with Gasteiger partial charge in [0.2, 0.25) is 0 Å². The smallest absolute Gasteiger partial charge is 0.419 e. The van der Waals surface area contributed by atoms with Crippen molar-refractivity contribution in [1.29, 1.82) is 0 Å². The zero-order valence-corrected chi connectivity index (χ0v) is 11.9. The average molecular weight is 310 g/mol. The van der Waals surface area contributed by atoms with Crippen LogP contribution in [0.1, 0.15) is 17.0 Å². The Bertz CT molecular complexity index is 639. The largest absolute Gasteiger partial charge is 0.492 e. The zero-order chi connectivity index (χ0) is 14.9. The van der Waals surface area contributed by atoms with E-state index in [1.54, 1.807) is 17.8 Å². The highest BCUT2D eigenvalue weighted by Crippen LogP contribution is 2.40. The van der Waals surface area contributed by atoms with E-state index in [2.05, 4.69) is 0 Å². The summed E-state index contributed by atoms with van der Waals surface area (Å²) in [6.45, 7) is 0.261. The first-order valence-corrected chi connectivity index (χ1v) is 7.55. The normalized spacial score (nSPS) is 17.6. The van der Waals surface area contributed by atoms with E-state index >= 15 is 0 Å². The third-order valence-electron chi connectivity index (χ3n) is 3.43. The lowest BCUT2D eigenvalue weighted by Crippen LogP contribution is -2.13. The van der Waals surface area contributed by atoms with E-state index in [0.717, 1.165) is 17.4 Å². The fourth-order valence-electron chi connectivity index (χ4n) is 2.38. The minimum absolute atomic E-state index is 0.0978. The highest BCUT2D eigenvalue weighted by molar-refractivity contribution is 7.99. The van der Waals surface area contributed by atoms with Crippen LogP contribution in [0.2, 0.25) is 0 Å². The Hall–Kier alpha value is -1.62. The van der Waals surface area contributed by atoms with Crippen molar-refractivity contribution in [3.05, 3.63) is 59.7 Å². The van der Waals surface area contributed by atoms with Gasteiger partial charge in [-0.1, -0.05) is 30.3 Å². The van der Waals surface area contributed by atoms with Crippen molar-refractivity contribution in [3.8, 4) is 5.75 Å². The zero-order valence-electron chi connectivity index (χ0n) is 11.1. The van der Waals surface area contributed by atoms with Crippen LogP contribution in [0.4, 0.5) is 13.2 Å². The number of para-hydroxylation sites is 1. The van der Waals surface area contributed by atoms with Crippen molar-refractivity contribution in [2.75, 3.05) is 12.4 Å². The molecule has 1 nitrogen and oxygen atoms in total. The summed E-state index contributed by atoms with van der Waals surface area (Å²) in [6.07, 6.45) is -4.39. The molecule has 0 aromatic heterocycles. The maximum Gasteiger partial charge on any atom is 0.419 e. The molecule has 1 aliphatic heterocycles. The van der Waals surface area contributed by atoms with Gasteiger partial charge in [-0.25, -0.2) is 0 Å². The van der Waals surface area contributed by atoms with E-state index in [1.165, 1.54) is 17.0 Å². The quantitative estimate of drug-likeness (QED) is 0.791. The van der Waals surface area contributed by atoms with Gasteiger partial charge in [-0.3, -0.25) is 0 Å². The van der Waals surface area contributed by atoms with Crippen molar-refractivity contribution in [2.24, 2.45) is 0 Å². The molecule has 0 saturated carbocycles. The number of hydrogen-bond donors (Lipinski definition) is 0. The van der Waals surface area contributed by atoms with Gasteiger partial charge >= 0.3 is 6.18 Å². The Morgan fingerprint density at radius 2 is 1.76 bits per heavy atom. The lowest BCUT2D eigenvalue weighted by molar-refractivity contribution is -0.139. The van der Waals surface area contributed by atoms with Gasteiger partial charge in [-0.2, -0.15) is 13.2 Å². The predicted molar refractivity (Wildman–Crippen MR) is 76.8 cm³/mol. The minimum atomic E-state index is -4.39. The second-order valence-electron chi connectivity index (χ2n) is 4.85. The van der Waals surface area contributed by atoms with Crippen LogP contribution in [0, 0.1) is 0 Å². The molecular weight excluding hydrogens is 297 g/mol. The predicted octanol–water partition coefficient (Wildman–Crippen LogP) is 4.97. The molecule has 0 amide bonds. The first-order valence-electron chi connectivity index (χ1n) is 6.56. The molecule has 2 aromatic rings. The van der Waals surface area contributed by atoms with E-state index < -0.39 is 11.7 Å². The van der Waals surface area contributed by atoms with E-state index in [4.69, 9.17) is 4.74 Å². The molecule has 0 radical (unpaired) electrons. The summed E-state index contributed by atoms with van der Waals surface area (Å²) in [5, 5.41) is 0. The molecule has 1 heterocycles. The Morgan fingerprint density at radius 3 is 2.57 bits per heavy atom. The highest BCUT2D eigenvalue weighted by Gasteiger charge is 2.34. The molecule has 1 atom stereocenters. The van der Waals surface area contributed by atoms with Crippen LogP contribution < -0.4 is 4.74 Å². The molecule has 5 heteroatoms. The number of benzene rings is 2. The molecule has 2 aromatic carbocycles. The summed E-state index contributed by atoms with van der Waals surface area (Å²) in [4.78, 5) is 1.19. The van der Waals surface area contributed by atoms with Gasteiger partial charge in [0.05, 0.1) is 12.2 Å². The van der Waals surface area contributed by atoms with Crippen LogP contribution in [0.25, 0.3) is 0 Å². The van der Waals surface area contributed by atoms with E-state index in [0.29, 0.717) is 0 Å². The molecule has 3 rings (SSSR count). The number of thioether (sulfide) groups is 1. The monoisotopic (exact) mass is 310 g/mol. The van der Waals surface area contributed by atoms with Crippen LogP contribution in [-0.4, -0.2) is 12.4 Å². The van der Waals surface area contributed by atoms with E-state index in [-0.39, 0.29) is 18.3 Å². The number of rotatable bonds is 3. The maximum atomic E-state index is 12.9. The van der Waals surface area contributed by atoms with Crippen molar-refractivity contribution < 1.29 is 17.9 Å². The number of halogens is 3. The molecule has 0 fully saturated rings. The SMILES string of the molecule is FC(F)(F)c1ccccc1OCC1CSc2ccccc21. The van der Waals surface area contributed by atoms with Crippen molar-refractivity contribution >= 4 is 11.8 Å². The van der Waals surface area contributed by atoms with Crippen molar-refractivity contribution in [1.82, 2.24) is 0 Å². The van der Waals surface area contributed by atoms with Gasteiger partial charge in [0.1, 0.15) is 5.75 Å². The Kier molecular flexibility index (Phi) is 3.85. The molecule has 21 heavy (non-hydrogen) atoms. The molecule has 0 bridgehead atoms. The minimum Gasteiger partial charge on any atom is -0.492 e. The molecule has 110 valence electrons. The molecular formula is C16H13F3OS. The number of fused-ring (bicyclic) bond motifs is 1. The summed E-state index contributed by atoms with van der Waals surface area (Å²) in [7, 11) is 0. The first-order chi connectivity index (χ1) is 10.1. The topological polar surface area (TPSA) is 9.23 Å². The fraction of sp³-hybridized carbons (Fsp3) is 0.250. The molecule has 0 spiro atoms. The van der Waals surface area contributed by atoms with Crippen LogP contribution in [0.5, 0.6) is 5.75 Å². The number of alkyl halides is 3. The standard InChI is InChI=1S/C16H13F3OS/c17-16(18,19)13-6-2-3-7-14(13)20-9-11-10-21-15-8-4-1-5-12(11)15/h1-8,11H,9-10H2. The first kappa shape index (κ1) is 14.3. The van der Waals surface area contributed by atoms with Crippen molar-refractivity contribution in [3.63, 3.8) is 0 Å². The van der Waals surface area contributed by atoms with Crippen LogP contribution in [-0.2, 0) is 6.18 Å². The Labute approximate surface area is 125 Å². The van der Waals surface area contributed by atoms with E-state index in [9.17, 15) is 13.2 Å². The summed E-state index contributed by atoms with van der Waals surface area (Å²) in [5.74, 6) is 0.875. The molecule has 1 aliphatic rings. The van der Waals surface area contributed by atoms with Crippen LogP contribution in [0.3, 0.4) is 0 Å². The Morgan fingerprint density at radius 1 is 1.05 bits per heavy atom. The highest BCUT2D eigenvalue weighted by atomic mass is 32.2. The summed E-state index contributed by atoms with van der Waals surface area (Å²) in [5.41, 5.74) is 0.441. The average Bonchev–Trinajstić information content (AvgIpc) is 2.88.